The van der Waals surface area contributed by atoms with Crippen LogP contribution in [0.1, 0.15) is 37.7 Å². The fraction of sp³-hybridized carbons (Fsp3) is 0.600. The fourth-order valence-electron chi connectivity index (χ4n) is 2.69. The minimum absolute atomic E-state index is 0.0973. The van der Waals surface area contributed by atoms with Gasteiger partial charge in [0.1, 0.15) is 0 Å². The Morgan fingerprint density at radius 3 is 2.53 bits per heavy atom. The topological polar surface area (TPSA) is 46.2 Å². The molecule has 1 N–H and O–H groups in total. The van der Waals surface area contributed by atoms with E-state index in [4.69, 9.17) is 0 Å². The van der Waals surface area contributed by atoms with Crippen LogP contribution in [0.4, 0.5) is 5.69 Å². The van der Waals surface area contributed by atoms with Gasteiger partial charge in [-0.2, -0.15) is 0 Å². The minimum Gasteiger partial charge on any atom is -0.384 e. The first-order valence-electron chi connectivity index (χ1n) is 7.11. The molecule has 106 valence electrons. The van der Waals surface area contributed by atoms with E-state index in [-0.39, 0.29) is 11.0 Å². The Hall–Kier alpha value is -1.03. The summed E-state index contributed by atoms with van der Waals surface area (Å²) in [4.78, 5) is 0. The summed E-state index contributed by atoms with van der Waals surface area (Å²) in [5, 5.41) is 3.13. The van der Waals surface area contributed by atoms with E-state index >= 15 is 0 Å². The minimum atomic E-state index is -2.93. The van der Waals surface area contributed by atoms with Gasteiger partial charge in [0.25, 0.3) is 0 Å². The van der Waals surface area contributed by atoms with Crippen LogP contribution in [-0.4, -0.2) is 26.0 Å². The average Bonchev–Trinajstić information content (AvgIpc) is 2.42. The molecule has 1 aromatic carbocycles. The number of nitrogens with one attached hydrogen (secondary N) is 1. The molecule has 19 heavy (non-hydrogen) atoms. The number of aryl methyl sites for hydroxylation is 1. The van der Waals surface area contributed by atoms with E-state index in [2.05, 4.69) is 5.32 Å². The lowest BCUT2D eigenvalue weighted by Crippen LogP contribution is -2.29. The molecule has 0 aromatic heterocycles. The average molecular weight is 281 g/mol. The Morgan fingerprint density at radius 1 is 1.16 bits per heavy atom. The van der Waals surface area contributed by atoms with E-state index in [1.54, 1.807) is 0 Å². The van der Waals surface area contributed by atoms with Crippen molar-refractivity contribution in [1.82, 2.24) is 0 Å². The first-order chi connectivity index (χ1) is 9.09. The molecule has 4 heteroatoms. The lowest BCUT2D eigenvalue weighted by Gasteiger charge is -2.22. The molecule has 0 heterocycles. The molecule has 1 fully saturated rings. The number of rotatable bonds is 5. The zero-order chi connectivity index (χ0) is 13.7. The zero-order valence-corrected chi connectivity index (χ0v) is 12.4. The van der Waals surface area contributed by atoms with Crippen molar-refractivity contribution < 1.29 is 8.42 Å². The van der Waals surface area contributed by atoms with Gasteiger partial charge in [0.05, 0.1) is 11.0 Å². The third kappa shape index (κ3) is 3.96. The second kappa shape index (κ2) is 6.42. The van der Waals surface area contributed by atoms with Gasteiger partial charge in [0, 0.05) is 12.2 Å². The largest absolute Gasteiger partial charge is 0.384 e. The lowest BCUT2D eigenvalue weighted by atomic mass is 10.0. The van der Waals surface area contributed by atoms with Crippen LogP contribution in [0, 0.1) is 6.92 Å². The predicted molar refractivity (Wildman–Crippen MR) is 80.3 cm³/mol. The summed E-state index contributed by atoms with van der Waals surface area (Å²) in [6, 6.07) is 7.96. The highest BCUT2D eigenvalue weighted by atomic mass is 32.2. The summed E-state index contributed by atoms with van der Waals surface area (Å²) >= 11 is 0. The van der Waals surface area contributed by atoms with E-state index in [0.717, 1.165) is 36.9 Å². The van der Waals surface area contributed by atoms with Crippen molar-refractivity contribution in [1.29, 1.82) is 0 Å². The number of benzene rings is 1. The van der Waals surface area contributed by atoms with Gasteiger partial charge in [-0.05, 0) is 31.4 Å². The van der Waals surface area contributed by atoms with Gasteiger partial charge in [0.15, 0.2) is 9.84 Å². The first-order valence-corrected chi connectivity index (χ1v) is 8.82. The Balaban J connectivity index is 1.86. The molecule has 1 aliphatic rings. The van der Waals surface area contributed by atoms with Gasteiger partial charge in [0.2, 0.25) is 0 Å². The Morgan fingerprint density at radius 2 is 1.84 bits per heavy atom. The summed E-state index contributed by atoms with van der Waals surface area (Å²) in [6.45, 7) is 2.53. The number of hydrogen-bond donors (Lipinski definition) is 1. The molecule has 0 amide bonds. The normalized spacial score (nSPS) is 17.3. The molecular weight excluding hydrogens is 258 g/mol. The molecule has 0 radical (unpaired) electrons. The fourth-order valence-corrected chi connectivity index (χ4v) is 4.46. The predicted octanol–water partition coefficient (Wildman–Crippen LogP) is 3.15. The van der Waals surface area contributed by atoms with Crippen molar-refractivity contribution in [3.8, 4) is 0 Å². The van der Waals surface area contributed by atoms with Gasteiger partial charge in [-0.15, -0.1) is 0 Å². The zero-order valence-electron chi connectivity index (χ0n) is 11.6. The maximum Gasteiger partial charge on any atom is 0.154 e. The molecule has 1 aromatic rings. The molecule has 1 aliphatic carbocycles. The Labute approximate surface area is 116 Å². The van der Waals surface area contributed by atoms with Crippen LogP contribution in [0.3, 0.4) is 0 Å². The molecular formula is C15H23NO2S. The third-order valence-corrected chi connectivity index (χ3v) is 6.17. The number of para-hydroxylation sites is 1. The van der Waals surface area contributed by atoms with Crippen molar-refractivity contribution in [2.45, 2.75) is 44.3 Å². The van der Waals surface area contributed by atoms with Crippen LogP contribution < -0.4 is 5.32 Å². The maximum absolute atomic E-state index is 12.2. The van der Waals surface area contributed by atoms with Crippen molar-refractivity contribution in [2.24, 2.45) is 0 Å². The van der Waals surface area contributed by atoms with E-state index in [1.165, 1.54) is 6.42 Å². The van der Waals surface area contributed by atoms with Gasteiger partial charge < -0.3 is 5.32 Å². The number of sulfone groups is 1. The lowest BCUT2D eigenvalue weighted by molar-refractivity contribution is 0.484. The van der Waals surface area contributed by atoms with E-state index in [1.807, 2.05) is 31.2 Å². The summed E-state index contributed by atoms with van der Waals surface area (Å²) in [5.74, 6) is 0.242. The van der Waals surface area contributed by atoms with Crippen molar-refractivity contribution in [3.05, 3.63) is 29.8 Å². The molecule has 0 bridgehead atoms. The monoisotopic (exact) mass is 281 g/mol. The molecule has 1 saturated carbocycles. The van der Waals surface area contributed by atoms with Gasteiger partial charge in [-0.1, -0.05) is 37.5 Å². The van der Waals surface area contributed by atoms with Crippen molar-refractivity contribution >= 4 is 15.5 Å². The van der Waals surface area contributed by atoms with Crippen molar-refractivity contribution in [3.63, 3.8) is 0 Å². The standard InChI is InChI=1S/C15H23NO2S/c1-13-7-5-6-10-15(13)16-11-12-19(17,18)14-8-3-2-4-9-14/h5-7,10,14,16H,2-4,8-9,11-12H2,1H3. The smallest absolute Gasteiger partial charge is 0.154 e. The van der Waals surface area contributed by atoms with Crippen LogP contribution in [-0.2, 0) is 9.84 Å². The van der Waals surface area contributed by atoms with Gasteiger partial charge >= 0.3 is 0 Å². The van der Waals surface area contributed by atoms with Crippen LogP contribution in [0.2, 0.25) is 0 Å². The second-order valence-electron chi connectivity index (χ2n) is 5.37. The number of anilines is 1. The van der Waals surface area contributed by atoms with Crippen molar-refractivity contribution in [2.75, 3.05) is 17.6 Å². The van der Waals surface area contributed by atoms with Gasteiger partial charge in [-0.25, -0.2) is 8.42 Å². The number of hydrogen-bond acceptors (Lipinski definition) is 3. The van der Waals surface area contributed by atoms with Crippen LogP contribution in [0.5, 0.6) is 0 Å². The van der Waals surface area contributed by atoms with Gasteiger partial charge in [-0.3, -0.25) is 0 Å². The molecule has 2 rings (SSSR count). The highest BCUT2D eigenvalue weighted by Gasteiger charge is 2.26. The van der Waals surface area contributed by atoms with Crippen LogP contribution >= 0.6 is 0 Å². The molecule has 0 atom stereocenters. The SMILES string of the molecule is Cc1ccccc1NCCS(=O)(=O)C1CCCCC1. The quantitative estimate of drug-likeness (QED) is 0.902. The molecule has 0 saturated heterocycles. The summed E-state index contributed by atoms with van der Waals surface area (Å²) in [6.07, 6.45) is 5.02. The summed E-state index contributed by atoms with van der Waals surface area (Å²) < 4.78 is 24.4. The Bertz CT molecular complexity index is 505. The second-order valence-corrected chi connectivity index (χ2v) is 7.77. The summed E-state index contributed by atoms with van der Waals surface area (Å²) in [7, 11) is -2.93. The highest BCUT2D eigenvalue weighted by Crippen LogP contribution is 2.24. The van der Waals surface area contributed by atoms with Crippen LogP contribution in [0.25, 0.3) is 0 Å². The van der Waals surface area contributed by atoms with E-state index < -0.39 is 9.84 Å². The molecule has 0 aliphatic heterocycles. The highest BCUT2D eigenvalue weighted by molar-refractivity contribution is 7.92. The van der Waals surface area contributed by atoms with Crippen LogP contribution in [0.15, 0.2) is 24.3 Å². The molecule has 0 spiro atoms. The van der Waals surface area contributed by atoms with E-state index in [0.29, 0.717) is 6.54 Å². The molecule has 0 unspecified atom stereocenters. The van der Waals surface area contributed by atoms with E-state index in [9.17, 15) is 8.42 Å². The summed E-state index contributed by atoms with van der Waals surface area (Å²) in [5.41, 5.74) is 2.18. The third-order valence-electron chi connectivity index (χ3n) is 3.91. The maximum atomic E-state index is 12.2. The Kier molecular flexibility index (Phi) is 4.86. The molecule has 3 nitrogen and oxygen atoms in total. The first kappa shape index (κ1) is 14.4.